The Morgan fingerprint density at radius 3 is 2.59 bits per heavy atom. The van der Waals surface area contributed by atoms with Crippen LogP contribution in [0, 0.1) is 0 Å². The molecular weight excluding hydrogens is 214 g/mol. The van der Waals surface area contributed by atoms with E-state index in [1.165, 1.54) is 19.3 Å². The first-order valence-corrected chi connectivity index (χ1v) is 6.79. The minimum Gasteiger partial charge on any atom is -0.352 e. The fourth-order valence-electron chi connectivity index (χ4n) is 2.89. The van der Waals surface area contributed by atoms with Crippen molar-refractivity contribution in [3.8, 4) is 0 Å². The maximum Gasteiger partial charge on any atom is 0.217 e. The van der Waals surface area contributed by atoms with E-state index in [1.54, 1.807) is 6.92 Å². The maximum atomic E-state index is 11.3. The van der Waals surface area contributed by atoms with Gasteiger partial charge in [0.25, 0.3) is 0 Å². The van der Waals surface area contributed by atoms with Crippen LogP contribution in [0.1, 0.15) is 46.5 Å². The number of carbonyl (C=O) groups excluding carboxylic acids is 1. The molecule has 1 aliphatic rings. The molecule has 0 saturated heterocycles. The first kappa shape index (κ1) is 14.5. The topological polar surface area (TPSA) is 58.4 Å². The van der Waals surface area contributed by atoms with Gasteiger partial charge in [0.05, 0.1) is 0 Å². The van der Waals surface area contributed by atoms with Crippen molar-refractivity contribution >= 4 is 5.91 Å². The minimum atomic E-state index is 0.0818. The average molecular weight is 241 g/mol. The second-order valence-electron chi connectivity index (χ2n) is 5.28. The molecule has 0 aromatic heterocycles. The van der Waals surface area contributed by atoms with Crippen LogP contribution in [0.3, 0.4) is 0 Å². The van der Waals surface area contributed by atoms with Gasteiger partial charge in [0.2, 0.25) is 5.91 Å². The highest BCUT2D eigenvalue weighted by Crippen LogP contribution is 2.24. The average Bonchev–Trinajstić information content (AvgIpc) is 2.26. The minimum absolute atomic E-state index is 0.0818. The number of rotatable bonds is 5. The van der Waals surface area contributed by atoms with Gasteiger partial charge in [-0.05, 0) is 26.7 Å². The summed E-state index contributed by atoms with van der Waals surface area (Å²) in [6.45, 7) is 7.61. The van der Waals surface area contributed by atoms with Crippen LogP contribution in [0.15, 0.2) is 0 Å². The quantitative estimate of drug-likeness (QED) is 0.758. The molecule has 0 heterocycles. The van der Waals surface area contributed by atoms with Crippen LogP contribution >= 0.6 is 0 Å². The standard InChI is InChI=1S/C13H27N3O/c1-10(2)16(9-8-14)13-7-5-4-6-12(13)15-11(3)17/h10,12-13H,4-9,14H2,1-3H3,(H,15,17). The molecule has 1 aliphatic carbocycles. The highest BCUT2D eigenvalue weighted by molar-refractivity contribution is 5.73. The van der Waals surface area contributed by atoms with Crippen LogP contribution in [0.5, 0.6) is 0 Å². The highest BCUT2D eigenvalue weighted by Gasteiger charge is 2.31. The van der Waals surface area contributed by atoms with Gasteiger partial charge >= 0.3 is 0 Å². The molecule has 0 bridgehead atoms. The Morgan fingerprint density at radius 2 is 2.06 bits per heavy atom. The molecule has 0 aromatic rings. The number of nitrogens with two attached hydrogens (primary N) is 1. The van der Waals surface area contributed by atoms with Gasteiger partial charge < -0.3 is 11.1 Å². The van der Waals surface area contributed by atoms with Crippen molar-refractivity contribution < 1.29 is 4.79 Å². The molecule has 0 radical (unpaired) electrons. The van der Waals surface area contributed by atoms with Gasteiger partial charge in [-0.1, -0.05) is 12.8 Å². The summed E-state index contributed by atoms with van der Waals surface area (Å²) in [4.78, 5) is 13.7. The lowest BCUT2D eigenvalue weighted by molar-refractivity contribution is -0.120. The van der Waals surface area contributed by atoms with E-state index in [-0.39, 0.29) is 5.91 Å². The molecule has 1 saturated carbocycles. The van der Waals surface area contributed by atoms with Crippen molar-refractivity contribution in [1.29, 1.82) is 0 Å². The van der Waals surface area contributed by atoms with Crippen LogP contribution in [-0.4, -0.2) is 42.0 Å². The van der Waals surface area contributed by atoms with Crippen LogP contribution in [-0.2, 0) is 4.79 Å². The molecule has 1 fully saturated rings. The number of amides is 1. The summed E-state index contributed by atoms with van der Waals surface area (Å²) in [5, 5.41) is 3.10. The molecular formula is C13H27N3O. The monoisotopic (exact) mass is 241 g/mol. The van der Waals surface area contributed by atoms with Crippen LogP contribution in [0.2, 0.25) is 0 Å². The van der Waals surface area contributed by atoms with Gasteiger partial charge in [0.15, 0.2) is 0 Å². The van der Waals surface area contributed by atoms with Crippen molar-refractivity contribution in [1.82, 2.24) is 10.2 Å². The van der Waals surface area contributed by atoms with E-state index in [1.807, 2.05) is 0 Å². The second kappa shape index (κ2) is 6.97. The van der Waals surface area contributed by atoms with Crippen molar-refractivity contribution in [2.75, 3.05) is 13.1 Å². The second-order valence-corrected chi connectivity index (χ2v) is 5.28. The summed E-state index contributed by atoms with van der Waals surface area (Å²) in [5.41, 5.74) is 5.69. The van der Waals surface area contributed by atoms with E-state index < -0.39 is 0 Å². The summed E-state index contributed by atoms with van der Waals surface area (Å²) in [5.74, 6) is 0.0818. The summed E-state index contributed by atoms with van der Waals surface area (Å²) in [6.07, 6.45) is 4.74. The first-order valence-electron chi connectivity index (χ1n) is 6.79. The van der Waals surface area contributed by atoms with Gasteiger partial charge in [-0.3, -0.25) is 9.69 Å². The van der Waals surface area contributed by atoms with Crippen LogP contribution < -0.4 is 11.1 Å². The maximum absolute atomic E-state index is 11.3. The SMILES string of the molecule is CC(=O)NC1CCCCC1N(CCN)C(C)C. The Labute approximate surface area is 105 Å². The smallest absolute Gasteiger partial charge is 0.217 e. The number of hydrogen-bond donors (Lipinski definition) is 2. The molecule has 4 nitrogen and oxygen atoms in total. The van der Waals surface area contributed by atoms with Gasteiger partial charge in [-0.15, -0.1) is 0 Å². The summed E-state index contributed by atoms with van der Waals surface area (Å²) in [6, 6.07) is 1.24. The third-order valence-electron chi connectivity index (χ3n) is 3.59. The van der Waals surface area contributed by atoms with E-state index in [4.69, 9.17) is 5.73 Å². The molecule has 4 heteroatoms. The van der Waals surface area contributed by atoms with Gasteiger partial charge in [-0.2, -0.15) is 0 Å². The predicted octanol–water partition coefficient (Wildman–Crippen LogP) is 1.10. The van der Waals surface area contributed by atoms with Gasteiger partial charge in [0, 0.05) is 38.1 Å². The largest absolute Gasteiger partial charge is 0.352 e. The lowest BCUT2D eigenvalue weighted by atomic mass is 9.88. The zero-order valence-electron chi connectivity index (χ0n) is 11.4. The molecule has 0 aromatic carbocycles. The Bertz CT molecular complexity index is 243. The Morgan fingerprint density at radius 1 is 1.41 bits per heavy atom. The third kappa shape index (κ3) is 4.28. The summed E-state index contributed by atoms with van der Waals surface area (Å²) in [7, 11) is 0. The Kier molecular flexibility index (Phi) is 5.92. The molecule has 1 amide bonds. The van der Waals surface area contributed by atoms with E-state index >= 15 is 0 Å². The third-order valence-corrected chi connectivity index (χ3v) is 3.59. The van der Waals surface area contributed by atoms with Crippen molar-refractivity contribution in [2.24, 2.45) is 5.73 Å². The van der Waals surface area contributed by atoms with E-state index in [2.05, 4.69) is 24.1 Å². The summed E-state index contributed by atoms with van der Waals surface area (Å²) < 4.78 is 0. The molecule has 2 atom stereocenters. The first-order chi connectivity index (χ1) is 8.06. The Hall–Kier alpha value is -0.610. The molecule has 3 N–H and O–H groups in total. The van der Waals surface area contributed by atoms with Crippen molar-refractivity contribution in [3.63, 3.8) is 0 Å². The van der Waals surface area contributed by atoms with Crippen molar-refractivity contribution in [2.45, 2.75) is 64.6 Å². The fourth-order valence-corrected chi connectivity index (χ4v) is 2.89. The number of nitrogens with zero attached hydrogens (tertiary/aromatic N) is 1. The normalized spacial score (nSPS) is 25.3. The molecule has 2 unspecified atom stereocenters. The molecule has 0 aliphatic heterocycles. The molecule has 1 rings (SSSR count). The fraction of sp³-hybridized carbons (Fsp3) is 0.923. The van der Waals surface area contributed by atoms with Gasteiger partial charge in [0.1, 0.15) is 0 Å². The van der Waals surface area contributed by atoms with Crippen molar-refractivity contribution in [3.05, 3.63) is 0 Å². The van der Waals surface area contributed by atoms with Crippen LogP contribution in [0.25, 0.3) is 0 Å². The number of hydrogen-bond acceptors (Lipinski definition) is 3. The predicted molar refractivity (Wildman–Crippen MR) is 70.8 cm³/mol. The number of nitrogens with one attached hydrogen (secondary N) is 1. The van der Waals surface area contributed by atoms with E-state index in [9.17, 15) is 4.79 Å². The lowest BCUT2D eigenvalue weighted by Gasteiger charge is -2.42. The van der Waals surface area contributed by atoms with E-state index in [0.29, 0.717) is 24.7 Å². The van der Waals surface area contributed by atoms with Gasteiger partial charge in [-0.25, -0.2) is 0 Å². The molecule has 17 heavy (non-hydrogen) atoms. The lowest BCUT2D eigenvalue weighted by Crippen LogP contribution is -2.55. The van der Waals surface area contributed by atoms with Crippen LogP contribution in [0.4, 0.5) is 0 Å². The Balaban J connectivity index is 2.69. The molecule has 100 valence electrons. The zero-order valence-corrected chi connectivity index (χ0v) is 11.4. The molecule has 0 spiro atoms. The highest BCUT2D eigenvalue weighted by atomic mass is 16.1. The van der Waals surface area contributed by atoms with E-state index in [0.717, 1.165) is 13.0 Å². The zero-order chi connectivity index (χ0) is 12.8. The number of carbonyl (C=O) groups is 1. The summed E-state index contributed by atoms with van der Waals surface area (Å²) >= 11 is 0.